The lowest BCUT2D eigenvalue weighted by atomic mass is 10.2. The number of fused-ring (bicyclic) bond motifs is 1. The molecule has 0 atom stereocenters. The summed E-state index contributed by atoms with van der Waals surface area (Å²) in [6.07, 6.45) is 1.71. The largest absolute Gasteiger partial charge is 0.385 e. The van der Waals surface area contributed by atoms with Gasteiger partial charge in [-0.2, -0.15) is 0 Å². The van der Waals surface area contributed by atoms with Gasteiger partial charge in [0.1, 0.15) is 11.5 Å². The molecule has 1 aliphatic heterocycles. The van der Waals surface area contributed by atoms with Crippen molar-refractivity contribution in [3.8, 4) is 11.4 Å². The van der Waals surface area contributed by atoms with Crippen molar-refractivity contribution in [2.75, 3.05) is 31.7 Å². The predicted molar refractivity (Wildman–Crippen MR) is 113 cm³/mol. The lowest BCUT2D eigenvalue weighted by Gasteiger charge is -2.20. The first kappa shape index (κ1) is 19.1. The summed E-state index contributed by atoms with van der Waals surface area (Å²) < 4.78 is 5.04. The van der Waals surface area contributed by atoms with Crippen LogP contribution in [-0.4, -0.2) is 42.7 Å². The number of amides is 1. The highest BCUT2D eigenvalue weighted by molar-refractivity contribution is 5.93. The number of carbonyl (C=O) groups excluding carboxylic acids is 1. The Balaban J connectivity index is 1.69. The van der Waals surface area contributed by atoms with E-state index in [0.29, 0.717) is 24.7 Å². The molecule has 0 aliphatic carbocycles. The van der Waals surface area contributed by atoms with E-state index in [1.54, 1.807) is 13.2 Å². The quantitative estimate of drug-likeness (QED) is 0.627. The zero-order valence-corrected chi connectivity index (χ0v) is 16.5. The van der Waals surface area contributed by atoms with E-state index in [-0.39, 0.29) is 5.91 Å². The first-order chi connectivity index (χ1) is 14.3. The molecular formula is C23H24N4O2. The molecule has 1 aliphatic rings. The second-order valence-corrected chi connectivity index (χ2v) is 6.93. The van der Waals surface area contributed by atoms with E-state index < -0.39 is 0 Å². The van der Waals surface area contributed by atoms with Crippen molar-refractivity contribution in [2.24, 2.45) is 0 Å². The first-order valence-electron chi connectivity index (χ1n) is 9.83. The Morgan fingerprint density at radius 3 is 2.72 bits per heavy atom. The molecule has 2 heterocycles. The molecule has 0 fully saturated rings. The van der Waals surface area contributed by atoms with Gasteiger partial charge in [-0.15, -0.1) is 0 Å². The summed E-state index contributed by atoms with van der Waals surface area (Å²) >= 11 is 0. The summed E-state index contributed by atoms with van der Waals surface area (Å²) in [5, 5.41) is 2.92. The van der Waals surface area contributed by atoms with Gasteiger partial charge in [0.05, 0.1) is 0 Å². The van der Waals surface area contributed by atoms with Gasteiger partial charge in [0.2, 0.25) is 0 Å². The van der Waals surface area contributed by atoms with Crippen LogP contribution in [0.2, 0.25) is 0 Å². The standard InChI is InChI=1S/C23H24N4O2/c1-29-15-7-13-24-23(28)19-16-21(26-22(25-19)18-9-3-2-4-10-18)27-14-12-17-8-5-6-11-20(17)27/h2-6,8-11,16H,7,12-15H2,1H3,(H,24,28). The number of para-hydroxylation sites is 1. The number of methoxy groups -OCH3 is 1. The fourth-order valence-electron chi connectivity index (χ4n) is 3.49. The molecule has 2 aromatic carbocycles. The van der Waals surface area contributed by atoms with Crippen molar-refractivity contribution in [3.63, 3.8) is 0 Å². The van der Waals surface area contributed by atoms with E-state index in [4.69, 9.17) is 9.72 Å². The number of benzene rings is 2. The Labute approximate surface area is 170 Å². The van der Waals surface area contributed by atoms with Gasteiger partial charge >= 0.3 is 0 Å². The lowest BCUT2D eigenvalue weighted by molar-refractivity contribution is 0.0943. The number of carbonyl (C=O) groups is 1. The summed E-state index contributed by atoms with van der Waals surface area (Å²) in [6, 6.07) is 19.8. The van der Waals surface area contributed by atoms with Crippen molar-refractivity contribution in [3.05, 3.63) is 71.9 Å². The second-order valence-electron chi connectivity index (χ2n) is 6.93. The zero-order valence-electron chi connectivity index (χ0n) is 16.5. The molecule has 4 rings (SSSR count). The van der Waals surface area contributed by atoms with E-state index in [2.05, 4.69) is 33.4 Å². The molecule has 0 unspecified atom stereocenters. The van der Waals surface area contributed by atoms with Crippen LogP contribution in [0.1, 0.15) is 22.5 Å². The van der Waals surface area contributed by atoms with Gasteiger partial charge in [0.15, 0.2) is 5.82 Å². The van der Waals surface area contributed by atoms with Gasteiger partial charge in [-0.25, -0.2) is 9.97 Å². The molecule has 29 heavy (non-hydrogen) atoms. The normalized spacial score (nSPS) is 12.7. The van der Waals surface area contributed by atoms with Crippen LogP contribution >= 0.6 is 0 Å². The fraction of sp³-hybridized carbons (Fsp3) is 0.261. The molecule has 1 N–H and O–H groups in total. The maximum Gasteiger partial charge on any atom is 0.270 e. The summed E-state index contributed by atoms with van der Waals surface area (Å²) in [7, 11) is 1.65. The van der Waals surface area contributed by atoms with Crippen LogP contribution in [0.15, 0.2) is 60.7 Å². The minimum absolute atomic E-state index is 0.200. The highest BCUT2D eigenvalue weighted by Crippen LogP contribution is 2.34. The number of aromatic nitrogens is 2. The van der Waals surface area contributed by atoms with Crippen molar-refractivity contribution in [2.45, 2.75) is 12.8 Å². The van der Waals surface area contributed by atoms with E-state index >= 15 is 0 Å². The number of anilines is 2. The van der Waals surface area contributed by atoms with Crippen LogP contribution in [0.5, 0.6) is 0 Å². The Morgan fingerprint density at radius 2 is 1.90 bits per heavy atom. The van der Waals surface area contributed by atoms with Gasteiger partial charge in [0, 0.05) is 44.1 Å². The van der Waals surface area contributed by atoms with Gasteiger partial charge in [-0.1, -0.05) is 48.5 Å². The highest BCUT2D eigenvalue weighted by atomic mass is 16.5. The van der Waals surface area contributed by atoms with Crippen molar-refractivity contribution >= 4 is 17.4 Å². The second kappa shape index (κ2) is 8.84. The highest BCUT2D eigenvalue weighted by Gasteiger charge is 2.23. The minimum atomic E-state index is -0.200. The molecule has 0 bridgehead atoms. The van der Waals surface area contributed by atoms with Crippen LogP contribution in [-0.2, 0) is 11.2 Å². The Morgan fingerprint density at radius 1 is 1.10 bits per heavy atom. The molecule has 3 aromatic rings. The van der Waals surface area contributed by atoms with Crippen LogP contribution in [0.4, 0.5) is 11.5 Å². The number of nitrogens with one attached hydrogen (secondary N) is 1. The Kier molecular flexibility index (Phi) is 5.81. The molecule has 0 spiro atoms. The Hall–Kier alpha value is -3.25. The molecule has 6 nitrogen and oxygen atoms in total. The number of ether oxygens (including phenoxy) is 1. The third-order valence-electron chi connectivity index (χ3n) is 4.95. The minimum Gasteiger partial charge on any atom is -0.385 e. The van der Waals surface area contributed by atoms with Crippen LogP contribution in [0, 0.1) is 0 Å². The number of hydrogen-bond acceptors (Lipinski definition) is 5. The van der Waals surface area contributed by atoms with Crippen LogP contribution in [0.3, 0.4) is 0 Å². The number of nitrogens with zero attached hydrogens (tertiary/aromatic N) is 3. The first-order valence-corrected chi connectivity index (χ1v) is 9.83. The predicted octanol–water partition coefficient (Wildman–Crippen LogP) is 3.60. The molecule has 1 amide bonds. The van der Waals surface area contributed by atoms with Crippen molar-refractivity contribution in [1.29, 1.82) is 0 Å². The lowest BCUT2D eigenvalue weighted by Crippen LogP contribution is -2.27. The average Bonchev–Trinajstić information content (AvgIpc) is 3.21. The van der Waals surface area contributed by atoms with E-state index in [1.807, 2.05) is 36.4 Å². The SMILES string of the molecule is COCCCNC(=O)c1cc(N2CCc3ccccc32)nc(-c2ccccc2)n1. The average molecular weight is 388 g/mol. The third-order valence-corrected chi connectivity index (χ3v) is 4.95. The maximum absolute atomic E-state index is 12.7. The molecule has 6 heteroatoms. The zero-order chi connectivity index (χ0) is 20.1. The van der Waals surface area contributed by atoms with E-state index in [9.17, 15) is 4.79 Å². The van der Waals surface area contributed by atoms with Crippen LogP contribution in [0.25, 0.3) is 11.4 Å². The Bertz CT molecular complexity index is 991. The van der Waals surface area contributed by atoms with Crippen LogP contribution < -0.4 is 10.2 Å². The number of hydrogen-bond donors (Lipinski definition) is 1. The summed E-state index contributed by atoms with van der Waals surface area (Å²) in [6.45, 7) is 1.98. The van der Waals surface area contributed by atoms with E-state index in [1.165, 1.54) is 5.56 Å². The third kappa shape index (κ3) is 4.27. The monoisotopic (exact) mass is 388 g/mol. The molecule has 0 saturated heterocycles. The smallest absolute Gasteiger partial charge is 0.270 e. The van der Waals surface area contributed by atoms with Crippen molar-refractivity contribution < 1.29 is 9.53 Å². The van der Waals surface area contributed by atoms with E-state index in [0.717, 1.165) is 36.5 Å². The maximum atomic E-state index is 12.7. The number of rotatable bonds is 7. The molecule has 148 valence electrons. The molecular weight excluding hydrogens is 364 g/mol. The molecule has 0 saturated carbocycles. The van der Waals surface area contributed by atoms with Gasteiger partial charge < -0.3 is 15.0 Å². The van der Waals surface area contributed by atoms with Gasteiger partial charge in [-0.05, 0) is 24.5 Å². The summed E-state index contributed by atoms with van der Waals surface area (Å²) in [4.78, 5) is 24.2. The van der Waals surface area contributed by atoms with Gasteiger partial charge in [-0.3, -0.25) is 4.79 Å². The van der Waals surface area contributed by atoms with Crippen molar-refractivity contribution in [1.82, 2.24) is 15.3 Å². The molecule has 1 aromatic heterocycles. The molecule has 0 radical (unpaired) electrons. The fourth-order valence-corrected chi connectivity index (χ4v) is 3.49. The van der Waals surface area contributed by atoms with Gasteiger partial charge in [0.25, 0.3) is 5.91 Å². The summed E-state index contributed by atoms with van der Waals surface area (Å²) in [5.41, 5.74) is 3.68. The summed E-state index contributed by atoms with van der Waals surface area (Å²) in [5.74, 6) is 1.09. The topological polar surface area (TPSA) is 67.3 Å².